The van der Waals surface area contributed by atoms with E-state index in [4.69, 9.17) is 4.74 Å². The zero-order valence-corrected chi connectivity index (χ0v) is 10.7. The third-order valence-corrected chi connectivity index (χ3v) is 3.42. The summed E-state index contributed by atoms with van der Waals surface area (Å²) in [6.07, 6.45) is 1.15. The highest BCUT2D eigenvalue weighted by molar-refractivity contribution is 5.45. The van der Waals surface area contributed by atoms with Gasteiger partial charge in [-0.3, -0.25) is 10.1 Å². The molecule has 1 aliphatic heterocycles. The summed E-state index contributed by atoms with van der Waals surface area (Å²) in [5, 5.41) is 14.1. The van der Waals surface area contributed by atoms with E-state index in [0.717, 1.165) is 19.5 Å². The van der Waals surface area contributed by atoms with E-state index < -0.39 is 0 Å². The largest absolute Gasteiger partial charge is 0.489 e. The van der Waals surface area contributed by atoms with Gasteiger partial charge in [0.25, 0.3) is 5.69 Å². The van der Waals surface area contributed by atoms with Crippen molar-refractivity contribution < 1.29 is 9.66 Å². The first-order chi connectivity index (χ1) is 8.58. The van der Waals surface area contributed by atoms with Crippen molar-refractivity contribution in [2.45, 2.75) is 26.4 Å². The Bertz CT molecular complexity index is 448. The third kappa shape index (κ3) is 2.79. The number of hydrogen-bond donors (Lipinski definition) is 1. The van der Waals surface area contributed by atoms with Crippen molar-refractivity contribution >= 4 is 5.69 Å². The molecule has 1 saturated heterocycles. The number of aryl methyl sites for hydroxylation is 1. The molecule has 0 saturated carbocycles. The van der Waals surface area contributed by atoms with Gasteiger partial charge in [-0.1, -0.05) is 6.92 Å². The maximum absolute atomic E-state index is 10.9. The van der Waals surface area contributed by atoms with Crippen LogP contribution in [0.15, 0.2) is 18.2 Å². The Kier molecular flexibility index (Phi) is 3.81. The Morgan fingerprint density at radius 2 is 2.28 bits per heavy atom. The second-order valence-electron chi connectivity index (χ2n) is 4.83. The summed E-state index contributed by atoms with van der Waals surface area (Å²) in [5.41, 5.74) is 0.770. The molecule has 1 N–H and O–H groups in total. The molecule has 0 radical (unpaired) electrons. The molecule has 1 aromatic rings. The smallest absolute Gasteiger partial charge is 0.276 e. The molecule has 98 valence electrons. The van der Waals surface area contributed by atoms with Gasteiger partial charge in [0.2, 0.25) is 0 Å². The number of benzene rings is 1. The standard InChI is InChI=1S/C13H18N2O3/c1-9-3-4-11(7-12(9)15(16)17)18-13-8-14-6-5-10(13)2/h3-4,7,10,13-14H,5-6,8H2,1-2H3. The van der Waals surface area contributed by atoms with Gasteiger partial charge in [-0.25, -0.2) is 0 Å². The van der Waals surface area contributed by atoms with Gasteiger partial charge in [-0.15, -0.1) is 0 Å². The van der Waals surface area contributed by atoms with E-state index >= 15 is 0 Å². The predicted octanol–water partition coefficient (Wildman–Crippen LogP) is 2.28. The SMILES string of the molecule is Cc1ccc(OC2CNCCC2C)cc1[N+](=O)[O-]. The molecule has 2 unspecified atom stereocenters. The number of nitro benzene ring substituents is 1. The monoisotopic (exact) mass is 250 g/mol. The lowest BCUT2D eigenvalue weighted by atomic mass is 9.97. The summed E-state index contributed by atoms with van der Waals surface area (Å²) in [6, 6.07) is 5.04. The van der Waals surface area contributed by atoms with Crippen molar-refractivity contribution in [3.8, 4) is 5.75 Å². The maximum atomic E-state index is 10.9. The molecule has 1 aromatic carbocycles. The van der Waals surface area contributed by atoms with Crippen LogP contribution in [0.3, 0.4) is 0 Å². The lowest BCUT2D eigenvalue weighted by molar-refractivity contribution is -0.385. The van der Waals surface area contributed by atoms with Crippen LogP contribution in [-0.2, 0) is 0 Å². The molecule has 0 spiro atoms. The molecule has 18 heavy (non-hydrogen) atoms. The van der Waals surface area contributed by atoms with Gasteiger partial charge >= 0.3 is 0 Å². The summed E-state index contributed by atoms with van der Waals surface area (Å²) in [7, 11) is 0. The summed E-state index contributed by atoms with van der Waals surface area (Å²) >= 11 is 0. The number of hydrogen-bond acceptors (Lipinski definition) is 4. The number of ether oxygens (including phenoxy) is 1. The summed E-state index contributed by atoms with van der Waals surface area (Å²) in [4.78, 5) is 10.5. The lowest BCUT2D eigenvalue weighted by Crippen LogP contribution is -2.42. The van der Waals surface area contributed by atoms with Gasteiger partial charge < -0.3 is 10.1 Å². The van der Waals surface area contributed by atoms with E-state index in [0.29, 0.717) is 17.2 Å². The molecule has 0 bridgehead atoms. The van der Waals surface area contributed by atoms with Crippen LogP contribution in [0, 0.1) is 23.0 Å². The maximum Gasteiger partial charge on any atom is 0.276 e. The van der Waals surface area contributed by atoms with E-state index in [9.17, 15) is 10.1 Å². The van der Waals surface area contributed by atoms with Crippen LogP contribution in [-0.4, -0.2) is 24.1 Å². The van der Waals surface area contributed by atoms with Gasteiger partial charge in [0.05, 0.1) is 11.0 Å². The van der Waals surface area contributed by atoms with Crippen molar-refractivity contribution in [2.75, 3.05) is 13.1 Å². The van der Waals surface area contributed by atoms with Crippen molar-refractivity contribution in [2.24, 2.45) is 5.92 Å². The second kappa shape index (κ2) is 5.35. The Morgan fingerprint density at radius 1 is 1.50 bits per heavy atom. The highest BCUT2D eigenvalue weighted by atomic mass is 16.6. The minimum Gasteiger partial charge on any atom is -0.489 e. The number of rotatable bonds is 3. The van der Waals surface area contributed by atoms with Crippen molar-refractivity contribution in [3.63, 3.8) is 0 Å². The predicted molar refractivity (Wildman–Crippen MR) is 68.9 cm³/mol. The Balaban J connectivity index is 2.14. The molecule has 0 aromatic heterocycles. The van der Waals surface area contributed by atoms with E-state index in [1.807, 2.05) is 0 Å². The van der Waals surface area contributed by atoms with Gasteiger partial charge in [-0.05, 0) is 37.9 Å². The molecule has 5 heteroatoms. The highest BCUT2D eigenvalue weighted by Crippen LogP contribution is 2.26. The van der Waals surface area contributed by atoms with Crippen LogP contribution >= 0.6 is 0 Å². The number of piperidine rings is 1. The molecular formula is C13H18N2O3. The molecular weight excluding hydrogens is 232 g/mol. The van der Waals surface area contributed by atoms with E-state index in [1.54, 1.807) is 19.1 Å². The van der Waals surface area contributed by atoms with Gasteiger partial charge in [0, 0.05) is 12.1 Å². The van der Waals surface area contributed by atoms with Crippen LogP contribution in [0.2, 0.25) is 0 Å². The first-order valence-electron chi connectivity index (χ1n) is 6.20. The van der Waals surface area contributed by atoms with Crippen LogP contribution in [0.5, 0.6) is 5.75 Å². The molecule has 2 atom stereocenters. The summed E-state index contributed by atoms with van der Waals surface area (Å²) in [6.45, 7) is 5.68. The summed E-state index contributed by atoms with van der Waals surface area (Å²) < 4.78 is 5.85. The zero-order chi connectivity index (χ0) is 13.1. The first kappa shape index (κ1) is 12.8. The molecule has 1 aliphatic rings. The van der Waals surface area contributed by atoms with Crippen molar-refractivity contribution in [1.82, 2.24) is 5.32 Å². The van der Waals surface area contributed by atoms with E-state index in [2.05, 4.69) is 12.2 Å². The highest BCUT2D eigenvalue weighted by Gasteiger charge is 2.23. The fourth-order valence-electron chi connectivity index (χ4n) is 2.15. The molecule has 1 heterocycles. The number of nitrogens with zero attached hydrogens (tertiary/aromatic N) is 1. The Labute approximate surface area is 106 Å². The van der Waals surface area contributed by atoms with E-state index in [-0.39, 0.29) is 16.7 Å². The normalized spacial score (nSPS) is 23.7. The van der Waals surface area contributed by atoms with Crippen LogP contribution in [0.4, 0.5) is 5.69 Å². The van der Waals surface area contributed by atoms with Crippen molar-refractivity contribution in [3.05, 3.63) is 33.9 Å². The first-order valence-corrected chi connectivity index (χ1v) is 6.20. The number of nitrogens with one attached hydrogen (secondary N) is 1. The molecule has 0 aliphatic carbocycles. The average molecular weight is 250 g/mol. The Morgan fingerprint density at radius 3 is 2.94 bits per heavy atom. The quantitative estimate of drug-likeness (QED) is 0.660. The lowest BCUT2D eigenvalue weighted by Gasteiger charge is -2.30. The topological polar surface area (TPSA) is 64.4 Å². The molecule has 2 rings (SSSR count). The van der Waals surface area contributed by atoms with E-state index in [1.165, 1.54) is 6.07 Å². The molecule has 1 fully saturated rings. The fraction of sp³-hybridized carbons (Fsp3) is 0.538. The van der Waals surface area contributed by atoms with Crippen LogP contribution < -0.4 is 10.1 Å². The van der Waals surface area contributed by atoms with Crippen LogP contribution in [0.1, 0.15) is 18.9 Å². The second-order valence-corrected chi connectivity index (χ2v) is 4.83. The average Bonchev–Trinajstić information content (AvgIpc) is 2.34. The summed E-state index contributed by atoms with van der Waals surface area (Å²) in [5.74, 6) is 1.04. The van der Waals surface area contributed by atoms with Crippen LogP contribution in [0.25, 0.3) is 0 Å². The molecule has 0 amide bonds. The minimum atomic E-state index is -0.370. The van der Waals surface area contributed by atoms with Gasteiger partial charge in [0.1, 0.15) is 11.9 Å². The number of nitro groups is 1. The fourth-order valence-corrected chi connectivity index (χ4v) is 2.15. The minimum absolute atomic E-state index is 0.0843. The zero-order valence-electron chi connectivity index (χ0n) is 10.7. The third-order valence-electron chi connectivity index (χ3n) is 3.42. The van der Waals surface area contributed by atoms with Gasteiger partial charge in [0.15, 0.2) is 0 Å². The molecule has 5 nitrogen and oxygen atoms in total. The van der Waals surface area contributed by atoms with Crippen molar-refractivity contribution in [1.29, 1.82) is 0 Å². The Hall–Kier alpha value is -1.62. The van der Waals surface area contributed by atoms with Gasteiger partial charge in [-0.2, -0.15) is 0 Å².